The van der Waals surface area contributed by atoms with Crippen molar-refractivity contribution in [2.45, 2.75) is 6.18 Å². The molecule has 1 aromatic heterocycles. The summed E-state index contributed by atoms with van der Waals surface area (Å²) in [7, 11) is 0. The first kappa shape index (κ1) is 16.1. The van der Waals surface area contributed by atoms with Gasteiger partial charge in [0.05, 0.1) is 10.6 Å². The minimum Gasteiger partial charge on any atom is -0.508 e. The Labute approximate surface area is 138 Å². The SMILES string of the molecule is Oc1cccc(-c2nnc(Nc3ccc(Cl)c(C(F)(F)F)c3)o2)c1. The predicted octanol–water partition coefficient (Wildman–Crippen LogP) is 4.86. The second kappa shape index (κ2) is 6.04. The second-order valence-corrected chi connectivity index (χ2v) is 5.19. The second-order valence-electron chi connectivity index (χ2n) is 4.78. The first-order valence-electron chi connectivity index (χ1n) is 6.59. The van der Waals surface area contributed by atoms with Crippen LogP contribution in [-0.2, 0) is 6.18 Å². The number of aromatic hydroxyl groups is 1. The van der Waals surface area contributed by atoms with Crippen molar-refractivity contribution in [2.24, 2.45) is 0 Å². The lowest BCUT2D eigenvalue weighted by Crippen LogP contribution is -2.06. The van der Waals surface area contributed by atoms with Crippen molar-refractivity contribution in [1.29, 1.82) is 0 Å². The molecule has 0 saturated carbocycles. The first-order valence-corrected chi connectivity index (χ1v) is 6.97. The molecular weight excluding hydrogens is 347 g/mol. The maximum Gasteiger partial charge on any atom is 0.417 e. The van der Waals surface area contributed by atoms with E-state index in [0.29, 0.717) is 5.56 Å². The molecule has 24 heavy (non-hydrogen) atoms. The van der Waals surface area contributed by atoms with Crippen LogP contribution in [0.2, 0.25) is 5.02 Å². The third-order valence-corrected chi connectivity index (χ3v) is 3.37. The van der Waals surface area contributed by atoms with Crippen LogP contribution in [0.25, 0.3) is 11.5 Å². The van der Waals surface area contributed by atoms with Gasteiger partial charge in [-0.15, -0.1) is 5.10 Å². The van der Waals surface area contributed by atoms with Crippen molar-refractivity contribution in [2.75, 3.05) is 5.32 Å². The summed E-state index contributed by atoms with van der Waals surface area (Å²) >= 11 is 5.56. The molecule has 0 spiro atoms. The summed E-state index contributed by atoms with van der Waals surface area (Å²) in [4.78, 5) is 0. The summed E-state index contributed by atoms with van der Waals surface area (Å²) in [5.41, 5.74) is -0.401. The highest BCUT2D eigenvalue weighted by molar-refractivity contribution is 6.31. The van der Waals surface area contributed by atoms with Gasteiger partial charge in [0.15, 0.2) is 0 Å². The average molecular weight is 356 g/mol. The van der Waals surface area contributed by atoms with Crippen LogP contribution in [0.4, 0.5) is 24.9 Å². The molecule has 0 radical (unpaired) electrons. The molecule has 124 valence electrons. The highest BCUT2D eigenvalue weighted by Gasteiger charge is 2.33. The Kier molecular flexibility index (Phi) is 4.06. The number of phenols is 1. The van der Waals surface area contributed by atoms with E-state index < -0.39 is 16.8 Å². The molecule has 2 N–H and O–H groups in total. The lowest BCUT2D eigenvalue weighted by Gasteiger charge is -2.10. The molecule has 0 saturated heterocycles. The van der Waals surface area contributed by atoms with Gasteiger partial charge in [-0.25, -0.2) is 0 Å². The van der Waals surface area contributed by atoms with Gasteiger partial charge in [-0.05, 0) is 36.4 Å². The smallest absolute Gasteiger partial charge is 0.417 e. The highest BCUT2D eigenvalue weighted by atomic mass is 35.5. The summed E-state index contributed by atoms with van der Waals surface area (Å²) in [6.45, 7) is 0. The van der Waals surface area contributed by atoms with E-state index in [4.69, 9.17) is 16.0 Å². The molecular formula is C15H9ClF3N3O2. The third-order valence-electron chi connectivity index (χ3n) is 3.04. The Bertz CT molecular complexity index is 880. The molecule has 3 aromatic rings. The average Bonchev–Trinajstić information content (AvgIpc) is 2.97. The van der Waals surface area contributed by atoms with Crippen molar-refractivity contribution < 1.29 is 22.7 Å². The highest BCUT2D eigenvalue weighted by Crippen LogP contribution is 2.36. The number of anilines is 2. The Hall–Kier alpha value is -2.74. The van der Waals surface area contributed by atoms with Crippen LogP contribution >= 0.6 is 11.6 Å². The maximum absolute atomic E-state index is 12.8. The Morgan fingerprint density at radius 1 is 1.08 bits per heavy atom. The lowest BCUT2D eigenvalue weighted by molar-refractivity contribution is -0.137. The van der Waals surface area contributed by atoms with Crippen molar-refractivity contribution in [3.63, 3.8) is 0 Å². The number of nitrogens with zero attached hydrogens (tertiary/aromatic N) is 2. The Balaban J connectivity index is 1.85. The zero-order chi connectivity index (χ0) is 17.3. The fraction of sp³-hybridized carbons (Fsp3) is 0.0667. The summed E-state index contributed by atoms with van der Waals surface area (Å²) < 4.78 is 43.9. The number of alkyl halides is 3. The zero-order valence-electron chi connectivity index (χ0n) is 11.8. The van der Waals surface area contributed by atoms with Crippen molar-refractivity contribution in [3.8, 4) is 17.2 Å². The maximum atomic E-state index is 12.8. The quantitative estimate of drug-likeness (QED) is 0.702. The zero-order valence-corrected chi connectivity index (χ0v) is 12.6. The van der Waals surface area contributed by atoms with Crippen LogP contribution in [0, 0.1) is 0 Å². The molecule has 1 heterocycles. The monoisotopic (exact) mass is 355 g/mol. The summed E-state index contributed by atoms with van der Waals surface area (Å²) in [5, 5.41) is 19.1. The summed E-state index contributed by atoms with van der Waals surface area (Å²) in [5.74, 6) is 0.131. The molecule has 0 unspecified atom stereocenters. The standard InChI is InChI=1S/C15H9ClF3N3O2/c16-12-5-4-9(7-11(12)15(17,18)19)20-14-22-21-13(24-14)8-2-1-3-10(23)6-8/h1-7,23H,(H,20,22). The lowest BCUT2D eigenvalue weighted by atomic mass is 10.2. The molecule has 9 heteroatoms. The van der Waals surface area contributed by atoms with Gasteiger partial charge in [-0.2, -0.15) is 13.2 Å². The van der Waals surface area contributed by atoms with Gasteiger partial charge in [0.2, 0.25) is 5.89 Å². The van der Waals surface area contributed by atoms with Gasteiger partial charge in [-0.1, -0.05) is 22.8 Å². The van der Waals surface area contributed by atoms with E-state index in [1.807, 2.05) is 0 Å². The predicted molar refractivity (Wildman–Crippen MR) is 81.1 cm³/mol. The van der Waals surface area contributed by atoms with E-state index in [1.54, 1.807) is 12.1 Å². The largest absolute Gasteiger partial charge is 0.508 e. The molecule has 0 bridgehead atoms. The molecule has 0 fully saturated rings. The number of hydrogen-bond acceptors (Lipinski definition) is 5. The topological polar surface area (TPSA) is 71.2 Å². The van der Waals surface area contributed by atoms with Crippen LogP contribution in [0.1, 0.15) is 5.56 Å². The molecule has 0 aliphatic heterocycles. The van der Waals surface area contributed by atoms with Gasteiger partial charge in [0.25, 0.3) is 0 Å². The first-order chi connectivity index (χ1) is 11.3. The van der Waals surface area contributed by atoms with Crippen molar-refractivity contribution in [1.82, 2.24) is 10.2 Å². The number of benzene rings is 2. The fourth-order valence-corrected chi connectivity index (χ4v) is 2.20. The van der Waals surface area contributed by atoms with E-state index in [0.717, 1.165) is 12.1 Å². The van der Waals surface area contributed by atoms with Crippen LogP contribution in [0.3, 0.4) is 0 Å². The minimum absolute atomic E-state index is 0.0210. The van der Waals surface area contributed by atoms with E-state index in [1.165, 1.54) is 18.2 Å². The van der Waals surface area contributed by atoms with Crippen LogP contribution in [0.5, 0.6) is 5.75 Å². The molecule has 3 rings (SSSR count). The van der Waals surface area contributed by atoms with E-state index in [-0.39, 0.29) is 23.3 Å². The number of phenolic OH excluding ortho intramolecular Hbond substituents is 1. The van der Waals surface area contributed by atoms with Gasteiger partial charge in [0.1, 0.15) is 5.75 Å². The minimum atomic E-state index is -4.57. The summed E-state index contributed by atoms with van der Waals surface area (Å²) in [6.07, 6.45) is -4.57. The van der Waals surface area contributed by atoms with E-state index in [9.17, 15) is 18.3 Å². The molecule has 2 aromatic carbocycles. The Morgan fingerprint density at radius 3 is 2.58 bits per heavy atom. The Morgan fingerprint density at radius 2 is 1.88 bits per heavy atom. The van der Waals surface area contributed by atoms with Crippen LogP contribution in [0.15, 0.2) is 46.9 Å². The number of hydrogen-bond donors (Lipinski definition) is 2. The molecule has 0 amide bonds. The summed E-state index contributed by atoms with van der Waals surface area (Å²) in [6, 6.07) is 9.36. The van der Waals surface area contributed by atoms with Gasteiger partial charge >= 0.3 is 12.2 Å². The molecule has 5 nitrogen and oxygen atoms in total. The molecule has 0 aliphatic carbocycles. The number of rotatable bonds is 3. The van der Waals surface area contributed by atoms with Crippen molar-refractivity contribution in [3.05, 3.63) is 53.1 Å². The van der Waals surface area contributed by atoms with Gasteiger partial charge in [0, 0.05) is 11.3 Å². The van der Waals surface area contributed by atoms with Crippen LogP contribution in [-0.4, -0.2) is 15.3 Å². The number of halogens is 4. The van der Waals surface area contributed by atoms with Crippen LogP contribution < -0.4 is 5.32 Å². The number of aromatic nitrogens is 2. The molecule has 0 atom stereocenters. The number of nitrogens with one attached hydrogen (secondary N) is 1. The van der Waals surface area contributed by atoms with E-state index >= 15 is 0 Å². The van der Waals surface area contributed by atoms with Gasteiger partial charge in [-0.3, -0.25) is 0 Å². The normalized spacial score (nSPS) is 11.5. The van der Waals surface area contributed by atoms with Crippen molar-refractivity contribution >= 4 is 23.3 Å². The van der Waals surface area contributed by atoms with E-state index in [2.05, 4.69) is 15.5 Å². The van der Waals surface area contributed by atoms with Gasteiger partial charge < -0.3 is 14.8 Å². The third kappa shape index (κ3) is 3.43. The molecule has 0 aliphatic rings. The fourth-order valence-electron chi connectivity index (χ4n) is 1.97.